The van der Waals surface area contributed by atoms with Gasteiger partial charge in [0.1, 0.15) is 0 Å². The molecule has 5 rings (SSSR count). The van der Waals surface area contributed by atoms with Crippen molar-refractivity contribution in [2.24, 2.45) is 5.92 Å². The minimum absolute atomic E-state index is 0.00663. The number of thiophene rings is 1. The van der Waals surface area contributed by atoms with Crippen LogP contribution in [0.1, 0.15) is 46.7 Å². The van der Waals surface area contributed by atoms with E-state index in [1.165, 1.54) is 24.2 Å². The molecule has 0 aliphatic carbocycles. The number of fused-ring (bicyclic) bond motifs is 3. The molecule has 1 N–H and O–H groups in total. The average molecular weight is 369 g/mol. The topological polar surface area (TPSA) is 49.4 Å². The van der Waals surface area contributed by atoms with Gasteiger partial charge in [0.05, 0.1) is 4.88 Å². The van der Waals surface area contributed by atoms with Crippen LogP contribution in [0, 0.1) is 5.92 Å². The molecule has 0 spiro atoms. The molecule has 1 amide bonds. The van der Waals surface area contributed by atoms with Gasteiger partial charge < -0.3 is 5.32 Å². The van der Waals surface area contributed by atoms with Crippen molar-refractivity contribution in [2.45, 2.75) is 38.8 Å². The van der Waals surface area contributed by atoms with Crippen LogP contribution in [-0.2, 0) is 0 Å². The molecule has 3 fully saturated rings. The van der Waals surface area contributed by atoms with E-state index < -0.39 is 0 Å². The maximum atomic E-state index is 12.8. The number of carbonyl (C=O) groups excluding carboxylic acids is 2. The molecule has 26 heavy (non-hydrogen) atoms. The van der Waals surface area contributed by atoms with Crippen molar-refractivity contribution in [3.63, 3.8) is 0 Å². The van der Waals surface area contributed by atoms with E-state index in [2.05, 4.69) is 17.1 Å². The van der Waals surface area contributed by atoms with Gasteiger partial charge in [-0.3, -0.25) is 14.5 Å². The Morgan fingerprint density at radius 3 is 2.54 bits per heavy atom. The van der Waals surface area contributed by atoms with Gasteiger partial charge in [-0.05, 0) is 57.8 Å². The van der Waals surface area contributed by atoms with Gasteiger partial charge in [0.15, 0.2) is 5.78 Å². The van der Waals surface area contributed by atoms with Crippen LogP contribution in [0.5, 0.6) is 0 Å². The monoisotopic (exact) mass is 368 g/mol. The Labute approximate surface area is 158 Å². The number of hydrogen-bond acceptors (Lipinski definition) is 4. The van der Waals surface area contributed by atoms with E-state index in [0.29, 0.717) is 22.4 Å². The number of benzene rings is 1. The first kappa shape index (κ1) is 17.4. The zero-order valence-corrected chi connectivity index (χ0v) is 16.0. The van der Waals surface area contributed by atoms with Crippen LogP contribution in [0.15, 0.2) is 36.4 Å². The predicted octanol–water partition coefficient (Wildman–Crippen LogP) is 3.83. The molecule has 3 aliphatic rings. The highest BCUT2D eigenvalue weighted by Gasteiger charge is 2.40. The minimum Gasteiger partial charge on any atom is -0.347 e. The van der Waals surface area contributed by atoms with E-state index in [1.54, 1.807) is 6.92 Å². The Balaban J connectivity index is 1.53. The zero-order valence-electron chi connectivity index (χ0n) is 15.2. The van der Waals surface area contributed by atoms with Crippen molar-refractivity contribution >= 4 is 23.0 Å². The summed E-state index contributed by atoms with van der Waals surface area (Å²) in [7, 11) is 0. The van der Waals surface area contributed by atoms with Crippen LogP contribution in [0.4, 0.5) is 0 Å². The van der Waals surface area contributed by atoms with Crippen molar-refractivity contribution < 1.29 is 9.59 Å². The molecule has 4 heterocycles. The number of rotatable bonds is 4. The summed E-state index contributed by atoms with van der Waals surface area (Å²) in [6.45, 7) is 6.11. The number of carbonyl (C=O) groups is 2. The van der Waals surface area contributed by atoms with E-state index in [4.69, 9.17) is 0 Å². The predicted molar refractivity (Wildman–Crippen MR) is 105 cm³/mol. The third-order valence-corrected chi connectivity index (χ3v) is 6.99. The van der Waals surface area contributed by atoms with Crippen LogP contribution >= 0.6 is 11.3 Å². The third kappa shape index (κ3) is 3.10. The van der Waals surface area contributed by atoms with Gasteiger partial charge in [-0.2, -0.15) is 0 Å². The van der Waals surface area contributed by atoms with Crippen molar-refractivity contribution in [2.75, 3.05) is 13.1 Å². The van der Waals surface area contributed by atoms with Gasteiger partial charge in [0.2, 0.25) is 0 Å². The number of nitrogens with zero attached hydrogens (tertiary/aromatic N) is 1. The molecular formula is C21H24N2O2S. The summed E-state index contributed by atoms with van der Waals surface area (Å²) in [5, 5.41) is 3.28. The SMILES string of the molecule is CC(=O)c1ccccc1-c1ccc(C(=O)NC2C3CCN(CC3)C2C)s1. The number of hydrogen-bond donors (Lipinski definition) is 1. The van der Waals surface area contributed by atoms with Crippen LogP contribution in [-0.4, -0.2) is 41.8 Å². The molecule has 4 nitrogen and oxygen atoms in total. The molecule has 3 aliphatic heterocycles. The molecule has 0 saturated carbocycles. The maximum Gasteiger partial charge on any atom is 0.261 e. The Kier molecular flexibility index (Phi) is 4.67. The van der Waals surface area contributed by atoms with Crippen molar-refractivity contribution in [3.8, 4) is 10.4 Å². The second-order valence-electron chi connectivity index (χ2n) is 7.38. The van der Waals surface area contributed by atoms with E-state index >= 15 is 0 Å². The molecular weight excluding hydrogens is 344 g/mol. The molecule has 3 saturated heterocycles. The summed E-state index contributed by atoms with van der Waals surface area (Å²) in [5.41, 5.74) is 1.60. The Morgan fingerprint density at radius 1 is 1.12 bits per heavy atom. The summed E-state index contributed by atoms with van der Waals surface area (Å²) < 4.78 is 0. The lowest BCUT2D eigenvalue weighted by Crippen LogP contribution is -2.62. The Hall–Kier alpha value is -1.98. The summed E-state index contributed by atoms with van der Waals surface area (Å²) in [4.78, 5) is 28.8. The number of piperidine rings is 3. The summed E-state index contributed by atoms with van der Waals surface area (Å²) in [5.74, 6) is 0.644. The summed E-state index contributed by atoms with van der Waals surface area (Å²) in [6, 6.07) is 12.0. The highest BCUT2D eigenvalue weighted by molar-refractivity contribution is 7.17. The van der Waals surface area contributed by atoms with Crippen molar-refractivity contribution in [1.29, 1.82) is 0 Å². The fourth-order valence-electron chi connectivity index (χ4n) is 4.38. The van der Waals surface area contributed by atoms with Gasteiger partial charge in [0.25, 0.3) is 5.91 Å². The smallest absolute Gasteiger partial charge is 0.261 e. The first-order chi connectivity index (χ1) is 12.5. The first-order valence-corrected chi connectivity index (χ1v) is 10.1. The molecule has 0 radical (unpaired) electrons. The van der Waals surface area contributed by atoms with Crippen LogP contribution in [0.25, 0.3) is 10.4 Å². The van der Waals surface area contributed by atoms with E-state index in [0.717, 1.165) is 23.5 Å². The number of amides is 1. The van der Waals surface area contributed by atoms with Crippen molar-refractivity contribution in [1.82, 2.24) is 10.2 Å². The fourth-order valence-corrected chi connectivity index (χ4v) is 5.33. The van der Waals surface area contributed by atoms with Crippen LogP contribution < -0.4 is 5.32 Å². The minimum atomic E-state index is 0.00663. The Bertz CT molecular complexity index is 834. The third-order valence-electron chi connectivity index (χ3n) is 5.88. The standard InChI is InChI=1S/C21H24N2O2S/c1-13-20(15-9-11-23(13)12-10-15)22-21(25)19-8-7-18(26-19)17-6-4-3-5-16(17)14(2)24/h3-8,13,15,20H,9-12H2,1-2H3,(H,22,25). The quantitative estimate of drug-likeness (QED) is 0.835. The molecule has 136 valence electrons. The zero-order chi connectivity index (χ0) is 18.3. The molecule has 2 unspecified atom stereocenters. The van der Waals surface area contributed by atoms with Gasteiger partial charge in [-0.25, -0.2) is 0 Å². The van der Waals surface area contributed by atoms with Crippen LogP contribution in [0.3, 0.4) is 0 Å². The maximum absolute atomic E-state index is 12.8. The lowest BCUT2D eigenvalue weighted by atomic mass is 9.79. The van der Waals surface area contributed by atoms with Gasteiger partial charge in [-0.15, -0.1) is 11.3 Å². The molecule has 2 atom stereocenters. The second-order valence-corrected chi connectivity index (χ2v) is 8.46. The lowest BCUT2D eigenvalue weighted by molar-refractivity contribution is 0.0218. The highest BCUT2D eigenvalue weighted by atomic mass is 32.1. The first-order valence-electron chi connectivity index (χ1n) is 9.29. The highest BCUT2D eigenvalue weighted by Crippen LogP contribution is 2.34. The van der Waals surface area contributed by atoms with E-state index in [9.17, 15) is 9.59 Å². The average Bonchev–Trinajstić information content (AvgIpc) is 3.15. The summed E-state index contributed by atoms with van der Waals surface area (Å²) in [6.07, 6.45) is 2.36. The normalized spacial score (nSPS) is 27.3. The number of nitrogens with one attached hydrogen (secondary N) is 1. The number of Topliss-reactive ketones (excluding diaryl/α,β-unsaturated/α-hetero) is 1. The largest absolute Gasteiger partial charge is 0.347 e. The summed E-state index contributed by atoms with van der Waals surface area (Å²) >= 11 is 1.46. The van der Waals surface area contributed by atoms with Crippen molar-refractivity contribution in [3.05, 3.63) is 46.8 Å². The van der Waals surface area contributed by atoms with E-state index in [1.807, 2.05) is 36.4 Å². The fraction of sp³-hybridized carbons (Fsp3) is 0.429. The van der Waals surface area contributed by atoms with Crippen LogP contribution in [0.2, 0.25) is 0 Å². The van der Waals surface area contributed by atoms with E-state index in [-0.39, 0.29) is 17.7 Å². The van der Waals surface area contributed by atoms with Gasteiger partial charge >= 0.3 is 0 Å². The molecule has 1 aromatic carbocycles. The molecule has 2 bridgehead atoms. The Morgan fingerprint density at radius 2 is 1.85 bits per heavy atom. The molecule has 1 aromatic heterocycles. The van der Waals surface area contributed by atoms with Gasteiger partial charge in [0, 0.05) is 28.1 Å². The lowest BCUT2D eigenvalue weighted by Gasteiger charge is -2.49. The second kappa shape index (κ2) is 6.97. The number of ketones is 1. The van der Waals surface area contributed by atoms with Gasteiger partial charge in [-0.1, -0.05) is 24.3 Å². The molecule has 2 aromatic rings. The molecule has 5 heteroatoms.